The van der Waals surface area contributed by atoms with Gasteiger partial charge < -0.3 is 15.1 Å². The number of para-hydroxylation sites is 2. The van der Waals surface area contributed by atoms with E-state index in [0.717, 1.165) is 6.54 Å². The van der Waals surface area contributed by atoms with Crippen LogP contribution in [0.2, 0.25) is 0 Å². The van der Waals surface area contributed by atoms with Crippen LogP contribution in [-0.4, -0.2) is 6.54 Å². The second-order valence-electron chi connectivity index (χ2n) is 10.7. The Bertz CT molecular complexity index is 1020. The Kier molecular flexibility index (Phi) is 14.5. The minimum absolute atomic E-state index is 0.106. The summed E-state index contributed by atoms with van der Waals surface area (Å²) in [6.45, 7) is 21.3. The first-order valence-corrected chi connectivity index (χ1v) is 17.8. The van der Waals surface area contributed by atoms with E-state index in [1.165, 1.54) is 33.6 Å². The van der Waals surface area contributed by atoms with E-state index >= 15 is 0 Å². The van der Waals surface area contributed by atoms with E-state index in [-0.39, 0.29) is 15.9 Å². The Morgan fingerprint density at radius 3 is 1.31 bits per heavy atom. The Morgan fingerprint density at radius 1 is 0.718 bits per heavy atom. The second-order valence-corrected chi connectivity index (χ2v) is 13.5. The van der Waals surface area contributed by atoms with Gasteiger partial charge in [-0.1, -0.05) is 109 Å². The molecule has 0 spiro atoms. The number of benzene rings is 2. The molecule has 0 saturated heterocycles. The standard InChI is InChI=1S/C27H37N2.C5H5ClN.2ClH.Pd/c1-18(2)22-11-9-12-23(19(3)4)26(22)28-15-16-29(17-28)27-24(20(5)6)13-10-14-25(27)21(7)8;6-5-2-1-3-7-4-5;;;/h9-21H,1-8H3;1-2,4H,3H2;2*1H;/q2*-1;;;+2/p-2. The molecule has 0 aliphatic carbocycles. The molecule has 0 N–H and O–H groups in total. The van der Waals surface area contributed by atoms with Crippen LogP contribution >= 0.6 is 30.7 Å². The second kappa shape index (κ2) is 16.8. The molecule has 2 heterocycles. The topological polar surface area (TPSA) is 20.6 Å². The summed E-state index contributed by atoms with van der Waals surface area (Å²) in [6.07, 6.45) is 9.85. The third kappa shape index (κ3) is 9.58. The van der Waals surface area contributed by atoms with Gasteiger partial charge in [0.15, 0.2) is 0 Å². The van der Waals surface area contributed by atoms with Gasteiger partial charge in [0.05, 0.1) is 0 Å². The summed E-state index contributed by atoms with van der Waals surface area (Å²) in [4.78, 5) is 4.65. The van der Waals surface area contributed by atoms with Gasteiger partial charge in [0.2, 0.25) is 0 Å². The van der Waals surface area contributed by atoms with Crippen LogP contribution in [0.1, 0.15) is 101 Å². The molecule has 2 aliphatic heterocycles. The van der Waals surface area contributed by atoms with Gasteiger partial charge >= 0.3 is 35.0 Å². The Labute approximate surface area is 258 Å². The Hall–Kier alpha value is -1.41. The zero-order valence-electron chi connectivity index (χ0n) is 24.2. The molecule has 0 saturated carbocycles. The van der Waals surface area contributed by atoms with Crippen LogP contribution in [0.5, 0.6) is 0 Å². The van der Waals surface area contributed by atoms with Crippen molar-refractivity contribution in [1.82, 2.24) is 0 Å². The van der Waals surface area contributed by atoms with Crippen LogP contribution in [0.4, 0.5) is 11.4 Å². The first-order chi connectivity index (χ1) is 18.5. The van der Waals surface area contributed by atoms with Crippen molar-refractivity contribution < 1.29 is 15.9 Å². The van der Waals surface area contributed by atoms with Crippen molar-refractivity contribution in [2.45, 2.75) is 79.1 Å². The van der Waals surface area contributed by atoms with Crippen molar-refractivity contribution in [3.63, 3.8) is 0 Å². The van der Waals surface area contributed by atoms with E-state index in [0.29, 0.717) is 28.7 Å². The molecule has 2 aromatic rings. The van der Waals surface area contributed by atoms with E-state index in [2.05, 4.69) is 126 Å². The molecule has 2 aromatic carbocycles. The van der Waals surface area contributed by atoms with Gasteiger partial charge in [-0.15, -0.1) is 19.3 Å². The number of halogens is 3. The summed E-state index contributed by atoms with van der Waals surface area (Å²) in [5.41, 5.74) is 8.29. The molecule has 0 unspecified atom stereocenters. The number of nitrogens with zero attached hydrogens (tertiary/aromatic N) is 3. The van der Waals surface area contributed by atoms with Gasteiger partial charge in [-0.05, 0) is 58.3 Å². The normalized spacial score (nSPS) is 14.5. The fourth-order valence-electron chi connectivity index (χ4n) is 4.65. The van der Waals surface area contributed by atoms with E-state index in [9.17, 15) is 0 Å². The van der Waals surface area contributed by atoms with Crippen molar-refractivity contribution in [2.75, 3.05) is 16.3 Å². The predicted octanol–water partition coefficient (Wildman–Crippen LogP) is 11.5. The van der Waals surface area contributed by atoms with Crippen molar-refractivity contribution in [3.05, 3.63) is 106 Å². The van der Waals surface area contributed by atoms with Crippen LogP contribution in [0.3, 0.4) is 0 Å². The molecular weight excluding hydrogens is 639 g/mol. The average Bonchev–Trinajstić information content (AvgIpc) is 3.38. The van der Waals surface area contributed by atoms with Crippen molar-refractivity contribution >= 4 is 42.0 Å². The number of rotatable bonds is 6. The first-order valence-electron chi connectivity index (χ1n) is 13.4. The zero-order valence-corrected chi connectivity index (χ0v) is 28.1. The summed E-state index contributed by atoms with van der Waals surface area (Å²) < 4.78 is 0. The number of hydrogen-bond donors (Lipinski definition) is 0. The Morgan fingerprint density at radius 2 is 1.08 bits per heavy atom. The third-order valence-corrected chi connectivity index (χ3v) is 6.76. The zero-order chi connectivity index (χ0) is 29.1. The van der Waals surface area contributed by atoms with Gasteiger partial charge in [0.1, 0.15) is 0 Å². The molecule has 39 heavy (non-hydrogen) atoms. The van der Waals surface area contributed by atoms with Crippen LogP contribution in [0, 0.1) is 6.67 Å². The molecule has 0 atom stereocenters. The van der Waals surface area contributed by atoms with E-state index in [1.54, 1.807) is 6.20 Å². The monoisotopic (exact) mass is 679 g/mol. The van der Waals surface area contributed by atoms with Gasteiger partial charge in [0.25, 0.3) is 0 Å². The fourth-order valence-corrected chi connectivity index (χ4v) is 4.81. The third-order valence-electron chi connectivity index (χ3n) is 6.54. The van der Waals surface area contributed by atoms with E-state index in [4.69, 9.17) is 30.7 Å². The molecular formula is C32H42Cl3N3Pd-2. The summed E-state index contributed by atoms with van der Waals surface area (Å²) in [5.74, 6) is 1.92. The first kappa shape index (κ1) is 33.8. The molecule has 3 nitrogen and oxygen atoms in total. The van der Waals surface area contributed by atoms with E-state index < -0.39 is 0 Å². The summed E-state index contributed by atoms with van der Waals surface area (Å²) in [7, 11) is 9.63. The maximum absolute atomic E-state index is 5.50. The molecule has 4 rings (SSSR count). The number of anilines is 2. The molecule has 2 aliphatic rings. The Balaban J connectivity index is 0.000000450. The summed E-state index contributed by atoms with van der Waals surface area (Å²) >= 11 is 5.39. The molecule has 0 bridgehead atoms. The van der Waals surface area contributed by atoms with Gasteiger partial charge in [-0.25, -0.2) is 0 Å². The van der Waals surface area contributed by atoms with Crippen LogP contribution < -0.4 is 9.80 Å². The van der Waals surface area contributed by atoms with Crippen LogP contribution in [-0.2, 0) is 15.9 Å². The summed E-state index contributed by atoms with van der Waals surface area (Å²) in [6, 6.07) is 13.5. The van der Waals surface area contributed by atoms with Gasteiger partial charge in [-0.2, -0.15) is 6.20 Å². The summed E-state index contributed by atoms with van der Waals surface area (Å²) in [5, 5.41) is 4.59. The van der Waals surface area contributed by atoms with Gasteiger partial charge in [0, 0.05) is 16.4 Å². The van der Waals surface area contributed by atoms with Gasteiger partial charge in [-0.3, -0.25) is 0 Å². The average molecular weight is 681 g/mol. The maximum atomic E-state index is 5.50. The van der Waals surface area contributed by atoms with Crippen LogP contribution in [0.15, 0.2) is 72.2 Å². The molecule has 0 fully saturated rings. The fraction of sp³-hybridized carbons (Fsp3) is 0.406. The van der Waals surface area contributed by atoms with Crippen molar-refractivity contribution in [1.29, 1.82) is 0 Å². The number of hydrogen-bond acceptors (Lipinski definition) is 2. The predicted molar refractivity (Wildman–Crippen MR) is 171 cm³/mol. The van der Waals surface area contributed by atoms with Crippen LogP contribution in [0.25, 0.3) is 5.32 Å². The number of allylic oxidation sites excluding steroid dienone is 2. The molecule has 0 radical (unpaired) electrons. The minimum atomic E-state index is -0.106. The molecule has 0 aromatic heterocycles. The SMILES string of the molecule is CC(C)c1cccc(C(C)C)c1N1C=CN(c2c(C(C)C)cccc2C(C)C)[CH-]1.ClC1=C[N-]CC=C1.[Cl][Pd][Cl]. The molecule has 0 amide bonds. The molecule has 218 valence electrons. The van der Waals surface area contributed by atoms with Crippen molar-refractivity contribution in [2.24, 2.45) is 0 Å². The van der Waals surface area contributed by atoms with Crippen molar-refractivity contribution in [3.8, 4) is 0 Å². The molecule has 7 heteroatoms. The van der Waals surface area contributed by atoms with E-state index in [1.807, 2.05) is 12.2 Å². The quantitative estimate of drug-likeness (QED) is 0.224.